The molecule has 48 valence electrons. The van der Waals surface area contributed by atoms with Crippen LogP contribution in [0, 0.1) is 0 Å². The van der Waals surface area contributed by atoms with Crippen LogP contribution < -0.4 is 0 Å². The molecule has 0 saturated carbocycles. The average Bonchev–Trinajstić information content (AvgIpc) is 2.11. The van der Waals surface area contributed by atoms with Gasteiger partial charge in [-0.1, -0.05) is 0 Å². The summed E-state index contributed by atoms with van der Waals surface area (Å²) in [7, 11) is 0. The molecule has 0 bridgehead atoms. The molecule has 1 N–H and O–H groups in total. The van der Waals surface area contributed by atoms with E-state index in [1.54, 1.807) is 0 Å². The van der Waals surface area contributed by atoms with Gasteiger partial charge >= 0.3 is 0 Å². The predicted molar refractivity (Wildman–Crippen MR) is 34.1 cm³/mol. The van der Waals surface area contributed by atoms with E-state index in [0.717, 1.165) is 6.61 Å². The lowest BCUT2D eigenvalue weighted by Crippen LogP contribution is -2.18. The molecule has 0 amide bonds. The molecule has 1 aliphatic heterocycles. The lowest BCUT2D eigenvalue weighted by molar-refractivity contribution is -0.0549. The van der Waals surface area contributed by atoms with Crippen LogP contribution in [0.15, 0.2) is 18.3 Å². The van der Waals surface area contributed by atoms with Gasteiger partial charge in [0.15, 0.2) is 0 Å². The number of H-pyrrole nitrogens is 1. The van der Waals surface area contributed by atoms with Gasteiger partial charge in [0.25, 0.3) is 0 Å². The van der Waals surface area contributed by atoms with E-state index in [1.165, 1.54) is 12.1 Å². The fourth-order valence-corrected chi connectivity index (χ4v) is 1.03. The molecule has 1 atom stereocenters. The summed E-state index contributed by atoms with van der Waals surface area (Å²) in [5.41, 5.74) is 1.21. The Morgan fingerprint density at radius 1 is 1.67 bits per heavy atom. The van der Waals surface area contributed by atoms with Gasteiger partial charge in [0, 0.05) is 18.3 Å². The third kappa shape index (κ3) is 0.754. The lowest BCUT2D eigenvalue weighted by atomic mass is 10.1. The summed E-state index contributed by atoms with van der Waals surface area (Å²) in [5, 5.41) is 0. The standard InChI is InChI=1S/C7H9NO/c1-2-6(8-4-1)7-3-5-9-7/h1-2,4,7-8H,3,5H2. The van der Waals surface area contributed by atoms with Crippen molar-refractivity contribution in [3.8, 4) is 0 Å². The molecule has 0 radical (unpaired) electrons. The van der Waals surface area contributed by atoms with Crippen molar-refractivity contribution in [1.82, 2.24) is 4.98 Å². The Morgan fingerprint density at radius 3 is 3.00 bits per heavy atom. The van der Waals surface area contributed by atoms with E-state index in [4.69, 9.17) is 4.74 Å². The highest BCUT2D eigenvalue weighted by Crippen LogP contribution is 2.27. The maximum atomic E-state index is 5.24. The average molecular weight is 123 g/mol. The zero-order chi connectivity index (χ0) is 6.10. The van der Waals surface area contributed by atoms with Gasteiger partial charge in [-0.15, -0.1) is 0 Å². The van der Waals surface area contributed by atoms with Crippen LogP contribution in [0.5, 0.6) is 0 Å². The van der Waals surface area contributed by atoms with Crippen molar-refractivity contribution in [3.63, 3.8) is 0 Å². The SMILES string of the molecule is c1c[nH]c(C2CCO2)c1. The van der Waals surface area contributed by atoms with Crippen molar-refractivity contribution in [2.75, 3.05) is 6.61 Å². The number of ether oxygens (including phenoxy) is 1. The second-order valence-electron chi connectivity index (χ2n) is 2.27. The van der Waals surface area contributed by atoms with E-state index < -0.39 is 0 Å². The van der Waals surface area contributed by atoms with Gasteiger partial charge < -0.3 is 9.72 Å². The Kier molecular flexibility index (Phi) is 1.06. The number of hydrogen-bond acceptors (Lipinski definition) is 1. The molecule has 1 unspecified atom stereocenters. The summed E-state index contributed by atoms with van der Waals surface area (Å²) in [4.78, 5) is 3.11. The summed E-state index contributed by atoms with van der Waals surface area (Å²) in [6.45, 7) is 0.920. The topological polar surface area (TPSA) is 25.0 Å². The van der Waals surface area contributed by atoms with Crippen molar-refractivity contribution in [3.05, 3.63) is 24.0 Å². The third-order valence-corrected chi connectivity index (χ3v) is 1.67. The number of nitrogens with one attached hydrogen (secondary N) is 1. The molecule has 0 spiro atoms. The van der Waals surface area contributed by atoms with Gasteiger partial charge in [0.2, 0.25) is 0 Å². The normalized spacial score (nSPS) is 25.6. The van der Waals surface area contributed by atoms with Gasteiger partial charge in [-0.2, -0.15) is 0 Å². The molecular formula is C7H9NO. The molecule has 1 saturated heterocycles. The Morgan fingerprint density at radius 2 is 2.56 bits per heavy atom. The van der Waals surface area contributed by atoms with E-state index in [0.29, 0.717) is 6.10 Å². The van der Waals surface area contributed by atoms with E-state index in [1.807, 2.05) is 12.3 Å². The fraction of sp³-hybridized carbons (Fsp3) is 0.429. The lowest BCUT2D eigenvalue weighted by Gasteiger charge is -2.25. The largest absolute Gasteiger partial charge is 0.372 e. The Hall–Kier alpha value is -0.760. The first kappa shape index (κ1) is 5.06. The van der Waals surface area contributed by atoms with Crippen LogP contribution in [0.2, 0.25) is 0 Å². The van der Waals surface area contributed by atoms with Crippen LogP contribution in [0.3, 0.4) is 0 Å². The minimum Gasteiger partial charge on any atom is -0.372 e. The molecule has 2 heterocycles. The quantitative estimate of drug-likeness (QED) is 0.601. The van der Waals surface area contributed by atoms with E-state index >= 15 is 0 Å². The van der Waals surface area contributed by atoms with Crippen molar-refractivity contribution in [2.24, 2.45) is 0 Å². The highest BCUT2D eigenvalue weighted by molar-refractivity contribution is 5.08. The van der Waals surface area contributed by atoms with Crippen LogP contribution in [-0.4, -0.2) is 11.6 Å². The van der Waals surface area contributed by atoms with Gasteiger partial charge in [-0.25, -0.2) is 0 Å². The zero-order valence-electron chi connectivity index (χ0n) is 5.13. The summed E-state index contributed by atoms with van der Waals surface area (Å²) in [6.07, 6.45) is 3.46. The van der Waals surface area contributed by atoms with Crippen LogP contribution in [0.1, 0.15) is 18.2 Å². The Balaban J connectivity index is 2.14. The summed E-state index contributed by atoms with van der Waals surface area (Å²) in [5.74, 6) is 0. The molecule has 1 aromatic rings. The van der Waals surface area contributed by atoms with Crippen molar-refractivity contribution >= 4 is 0 Å². The number of aromatic amines is 1. The maximum absolute atomic E-state index is 5.24. The molecule has 0 aromatic carbocycles. The van der Waals surface area contributed by atoms with Gasteiger partial charge in [-0.3, -0.25) is 0 Å². The maximum Gasteiger partial charge on any atom is 0.0994 e. The monoisotopic (exact) mass is 123 g/mol. The predicted octanol–water partition coefficient (Wildman–Crippen LogP) is 1.48. The van der Waals surface area contributed by atoms with Crippen molar-refractivity contribution < 1.29 is 4.74 Å². The van der Waals surface area contributed by atoms with Crippen LogP contribution in [-0.2, 0) is 4.74 Å². The molecule has 2 heteroatoms. The molecule has 0 aliphatic carbocycles. The molecule has 2 nitrogen and oxygen atoms in total. The zero-order valence-corrected chi connectivity index (χ0v) is 5.13. The first-order valence-corrected chi connectivity index (χ1v) is 3.22. The van der Waals surface area contributed by atoms with Crippen molar-refractivity contribution in [2.45, 2.75) is 12.5 Å². The van der Waals surface area contributed by atoms with Crippen LogP contribution in [0.4, 0.5) is 0 Å². The minimum absolute atomic E-state index is 0.361. The smallest absolute Gasteiger partial charge is 0.0994 e. The van der Waals surface area contributed by atoms with E-state index in [2.05, 4.69) is 11.1 Å². The molecule has 2 rings (SSSR count). The molecular weight excluding hydrogens is 114 g/mol. The van der Waals surface area contributed by atoms with Crippen molar-refractivity contribution in [1.29, 1.82) is 0 Å². The fourth-order valence-electron chi connectivity index (χ4n) is 1.03. The number of aromatic nitrogens is 1. The summed E-state index contributed by atoms with van der Waals surface area (Å²) < 4.78 is 5.24. The summed E-state index contributed by atoms with van der Waals surface area (Å²) in [6, 6.07) is 4.06. The van der Waals surface area contributed by atoms with E-state index in [-0.39, 0.29) is 0 Å². The Bertz CT molecular complexity index is 177. The van der Waals surface area contributed by atoms with E-state index in [9.17, 15) is 0 Å². The van der Waals surface area contributed by atoms with Gasteiger partial charge in [-0.05, 0) is 12.1 Å². The number of hydrogen-bond donors (Lipinski definition) is 1. The number of rotatable bonds is 1. The molecule has 1 fully saturated rings. The van der Waals surface area contributed by atoms with Crippen LogP contribution in [0.25, 0.3) is 0 Å². The first-order valence-electron chi connectivity index (χ1n) is 3.22. The third-order valence-electron chi connectivity index (χ3n) is 1.67. The minimum atomic E-state index is 0.361. The first-order chi connectivity index (χ1) is 4.47. The molecule has 1 aliphatic rings. The van der Waals surface area contributed by atoms with Gasteiger partial charge in [0.05, 0.1) is 12.7 Å². The van der Waals surface area contributed by atoms with Crippen LogP contribution >= 0.6 is 0 Å². The molecule has 1 aromatic heterocycles. The highest BCUT2D eigenvalue weighted by Gasteiger charge is 2.20. The van der Waals surface area contributed by atoms with Gasteiger partial charge in [0.1, 0.15) is 0 Å². The summed E-state index contributed by atoms with van der Waals surface area (Å²) >= 11 is 0. The second-order valence-corrected chi connectivity index (χ2v) is 2.27. The Labute approximate surface area is 53.8 Å². The highest BCUT2D eigenvalue weighted by atomic mass is 16.5. The molecule has 9 heavy (non-hydrogen) atoms. The second kappa shape index (κ2) is 1.88.